The molecule has 1 aromatic carbocycles. The topological polar surface area (TPSA) is 18.5 Å². The summed E-state index contributed by atoms with van der Waals surface area (Å²) in [5.41, 5.74) is -0.529. The fourth-order valence-electron chi connectivity index (χ4n) is 2.86. The van der Waals surface area contributed by atoms with E-state index in [0.29, 0.717) is 13.2 Å². The van der Waals surface area contributed by atoms with E-state index in [2.05, 4.69) is 6.92 Å². The van der Waals surface area contributed by atoms with Gasteiger partial charge in [-0.3, -0.25) is 0 Å². The van der Waals surface area contributed by atoms with Gasteiger partial charge >= 0.3 is 0 Å². The first-order chi connectivity index (χ1) is 11.0. The summed E-state index contributed by atoms with van der Waals surface area (Å²) >= 11 is 0. The second kappa shape index (κ2) is 8.69. The number of hydrogen-bond acceptors (Lipinski definition) is 2. The molecule has 0 bridgehead atoms. The summed E-state index contributed by atoms with van der Waals surface area (Å²) in [7, 11) is 0. The lowest BCUT2D eigenvalue weighted by Crippen LogP contribution is -2.28. The lowest BCUT2D eigenvalue weighted by atomic mass is 10.0. The monoisotopic (exact) mass is 330 g/mol. The maximum Gasteiger partial charge on any atom is 0.189 e. The summed E-state index contributed by atoms with van der Waals surface area (Å²) in [5.74, 6) is -2.86. The van der Waals surface area contributed by atoms with Crippen LogP contribution in [-0.4, -0.2) is 13.2 Å². The van der Waals surface area contributed by atoms with Crippen LogP contribution in [0.15, 0.2) is 6.07 Å². The standard InChI is InChI=1S/C18H25F3O2/c1-3-4-5-6-7-8-13-10-22-18(23-11-13)15-14(19)9-12(2)16(20)17(15)21/h9,13,18H,3-8,10-11H2,1-2H3. The smallest absolute Gasteiger partial charge is 0.189 e. The molecule has 130 valence electrons. The molecule has 5 heteroatoms. The molecule has 0 atom stereocenters. The Hall–Kier alpha value is -1.07. The molecule has 1 heterocycles. The predicted octanol–water partition coefficient (Wildman–Crippen LogP) is 5.43. The summed E-state index contributed by atoms with van der Waals surface area (Å²) in [6.07, 6.45) is 5.78. The highest BCUT2D eigenvalue weighted by molar-refractivity contribution is 5.28. The van der Waals surface area contributed by atoms with Crippen LogP contribution in [0.3, 0.4) is 0 Å². The van der Waals surface area contributed by atoms with Crippen molar-refractivity contribution in [1.29, 1.82) is 0 Å². The zero-order valence-electron chi connectivity index (χ0n) is 13.8. The molecule has 1 aromatic rings. The SMILES string of the molecule is CCCCCCCC1COC(c2c(F)cc(C)c(F)c2F)OC1. The summed E-state index contributed by atoms with van der Waals surface area (Å²) < 4.78 is 52.4. The van der Waals surface area contributed by atoms with E-state index in [1.165, 1.54) is 32.6 Å². The molecule has 0 aromatic heterocycles. The molecule has 1 saturated heterocycles. The van der Waals surface area contributed by atoms with E-state index in [9.17, 15) is 13.2 Å². The van der Waals surface area contributed by atoms with Crippen LogP contribution in [0.4, 0.5) is 13.2 Å². The maximum atomic E-state index is 14.0. The molecule has 0 aliphatic carbocycles. The summed E-state index contributed by atoms with van der Waals surface area (Å²) in [6, 6.07) is 0.973. The van der Waals surface area contributed by atoms with Crippen molar-refractivity contribution in [2.45, 2.75) is 58.7 Å². The third kappa shape index (κ3) is 4.70. The number of hydrogen-bond donors (Lipinski definition) is 0. The molecule has 1 fully saturated rings. The van der Waals surface area contributed by atoms with Gasteiger partial charge in [0.25, 0.3) is 0 Å². The quantitative estimate of drug-likeness (QED) is 0.490. The summed E-state index contributed by atoms with van der Waals surface area (Å²) in [5, 5.41) is 0. The zero-order valence-corrected chi connectivity index (χ0v) is 13.8. The Bertz CT molecular complexity index is 511. The minimum absolute atomic E-state index is 0.0653. The average Bonchev–Trinajstić information content (AvgIpc) is 2.54. The minimum atomic E-state index is -1.22. The van der Waals surface area contributed by atoms with Crippen molar-refractivity contribution in [1.82, 2.24) is 0 Å². The largest absolute Gasteiger partial charge is 0.348 e. The van der Waals surface area contributed by atoms with E-state index in [4.69, 9.17) is 9.47 Å². The number of ether oxygens (including phenoxy) is 2. The minimum Gasteiger partial charge on any atom is -0.348 e. The van der Waals surface area contributed by atoms with E-state index in [1.807, 2.05) is 0 Å². The summed E-state index contributed by atoms with van der Waals surface area (Å²) in [4.78, 5) is 0. The summed E-state index contributed by atoms with van der Waals surface area (Å²) in [6.45, 7) is 4.26. The molecule has 0 N–H and O–H groups in total. The van der Waals surface area contributed by atoms with Crippen molar-refractivity contribution >= 4 is 0 Å². The Labute approximate surface area is 136 Å². The number of unbranched alkanes of at least 4 members (excludes halogenated alkanes) is 4. The van der Waals surface area contributed by atoms with Gasteiger partial charge in [0, 0.05) is 5.92 Å². The molecule has 2 rings (SSSR count). The Morgan fingerprint density at radius 2 is 1.65 bits per heavy atom. The molecular formula is C18H25F3O2. The van der Waals surface area contributed by atoms with Crippen LogP contribution in [0, 0.1) is 30.3 Å². The van der Waals surface area contributed by atoms with Crippen molar-refractivity contribution in [3.63, 3.8) is 0 Å². The third-order valence-electron chi connectivity index (χ3n) is 4.29. The first-order valence-electron chi connectivity index (χ1n) is 8.41. The molecule has 2 nitrogen and oxygen atoms in total. The lowest BCUT2D eigenvalue weighted by molar-refractivity contribution is -0.208. The fraction of sp³-hybridized carbons (Fsp3) is 0.667. The van der Waals surface area contributed by atoms with Crippen LogP contribution < -0.4 is 0 Å². The van der Waals surface area contributed by atoms with Gasteiger partial charge in [-0.25, -0.2) is 13.2 Å². The zero-order chi connectivity index (χ0) is 16.8. The van der Waals surface area contributed by atoms with E-state index in [0.717, 1.165) is 18.9 Å². The van der Waals surface area contributed by atoms with E-state index >= 15 is 0 Å². The Kier molecular flexibility index (Phi) is 6.90. The Balaban J connectivity index is 1.86. The molecule has 0 unspecified atom stereocenters. The number of halogens is 3. The first kappa shape index (κ1) is 18.3. The van der Waals surface area contributed by atoms with Crippen LogP contribution in [0.1, 0.15) is 62.9 Å². The van der Waals surface area contributed by atoms with Gasteiger partial charge in [0.05, 0.1) is 18.8 Å². The predicted molar refractivity (Wildman–Crippen MR) is 82.6 cm³/mol. The molecule has 0 saturated carbocycles. The van der Waals surface area contributed by atoms with E-state index in [-0.39, 0.29) is 11.5 Å². The average molecular weight is 330 g/mol. The highest BCUT2D eigenvalue weighted by Gasteiger charge is 2.30. The highest BCUT2D eigenvalue weighted by Crippen LogP contribution is 2.32. The first-order valence-corrected chi connectivity index (χ1v) is 8.41. The van der Waals surface area contributed by atoms with E-state index in [1.54, 1.807) is 0 Å². The van der Waals surface area contributed by atoms with Crippen molar-refractivity contribution in [2.75, 3.05) is 13.2 Å². The number of aryl methyl sites for hydroxylation is 1. The van der Waals surface area contributed by atoms with Gasteiger partial charge in [-0.15, -0.1) is 0 Å². The van der Waals surface area contributed by atoms with Gasteiger partial charge in [0.2, 0.25) is 0 Å². The molecular weight excluding hydrogens is 305 g/mol. The normalized spacial score (nSPS) is 21.6. The Morgan fingerprint density at radius 3 is 2.30 bits per heavy atom. The van der Waals surface area contributed by atoms with Crippen LogP contribution in [0.25, 0.3) is 0 Å². The molecule has 0 amide bonds. The Morgan fingerprint density at radius 1 is 1.00 bits per heavy atom. The second-order valence-electron chi connectivity index (χ2n) is 6.28. The van der Waals surface area contributed by atoms with Crippen molar-refractivity contribution in [2.24, 2.45) is 5.92 Å². The maximum absolute atomic E-state index is 14.0. The molecule has 0 spiro atoms. The number of benzene rings is 1. The van der Waals surface area contributed by atoms with Crippen LogP contribution in [0.5, 0.6) is 0 Å². The molecule has 1 aliphatic rings. The van der Waals surface area contributed by atoms with Gasteiger partial charge in [0.15, 0.2) is 17.9 Å². The lowest BCUT2D eigenvalue weighted by Gasteiger charge is -2.30. The van der Waals surface area contributed by atoms with Crippen molar-refractivity contribution in [3.8, 4) is 0 Å². The van der Waals surface area contributed by atoms with Crippen molar-refractivity contribution < 1.29 is 22.6 Å². The van der Waals surface area contributed by atoms with Gasteiger partial charge < -0.3 is 9.47 Å². The molecule has 1 aliphatic heterocycles. The van der Waals surface area contributed by atoms with Crippen LogP contribution >= 0.6 is 0 Å². The third-order valence-corrected chi connectivity index (χ3v) is 4.29. The number of rotatable bonds is 7. The fourth-order valence-corrected chi connectivity index (χ4v) is 2.86. The molecule has 0 radical (unpaired) electrons. The van der Waals surface area contributed by atoms with E-state index < -0.39 is 29.3 Å². The molecule has 23 heavy (non-hydrogen) atoms. The van der Waals surface area contributed by atoms with Gasteiger partial charge in [-0.1, -0.05) is 39.0 Å². The highest BCUT2D eigenvalue weighted by atomic mass is 19.2. The van der Waals surface area contributed by atoms with Crippen LogP contribution in [-0.2, 0) is 9.47 Å². The van der Waals surface area contributed by atoms with Crippen LogP contribution in [0.2, 0.25) is 0 Å². The van der Waals surface area contributed by atoms with Gasteiger partial charge in [-0.2, -0.15) is 0 Å². The van der Waals surface area contributed by atoms with Crippen molar-refractivity contribution in [3.05, 3.63) is 34.6 Å². The van der Waals surface area contributed by atoms with Gasteiger partial charge in [-0.05, 0) is 25.0 Å². The van der Waals surface area contributed by atoms with Gasteiger partial charge in [0.1, 0.15) is 5.82 Å². The second-order valence-corrected chi connectivity index (χ2v) is 6.28.